The van der Waals surface area contributed by atoms with Gasteiger partial charge in [0.05, 0.1) is 0 Å². The molecule has 0 spiro atoms. The van der Waals surface area contributed by atoms with Crippen molar-refractivity contribution in [2.45, 2.75) is 25.1 Å². The Morgan fingerprint density at radius 1 is 1.20 bits per heavy atom. The number of amides is 1. The van der Waals surface area contributed by atoms with Gasteiger partial charge in [-0.2, -0.15) is 13.2 Å². The van der Waals surface area contributed by atoms with Crippen LogP contribution in [0.15, 0.2) is 24.3 Å². The molecule has 2 rings (SSSR count). The smallest absolute Gasteiger partial charge is 0.422 e. The first-order chi connectivity index (χ1) is 11.4. The fourth-order valence-corrected chi connectivity index (χ4v) is 2.50. The number of nitrogens with one attached hydrogen (secondary N) is 1. The summed E-state index contributed by atoms with van der Waals surface area (Å²) in [4.78, 5) is 13.9. The normalized spacial score (nSPS) is 15.4. The molecular formula is C16H22ClF3N2O3. The van der Waals surface area contributed by atoms with Gasteiger partial charge in [-0.05, 0) is 32.0 Å². The van der Waals surface area contributed by atoms with Crippen LogP contribution in [-0.2, 0) is 4.79 Å². The summed E-state index contributed by atoms with van der Waals surface area (Å²) in [5.74, 6) is -0.0908. The molecule has 0 unspecified atom stereocenters. The van der Waals surface area contributed by atoms with E-state index in [2.05, 4.69) is 5.32 Å². The van der Waals surface area contributed by atoms with Gasteiger partial charge in [0.2, 0.25) is 0 Å². The first-order valence-electron chi connectivity index (χ1n) is 7.75. The Kier molecular flexibility index (Phi) is 8.31. The van der Waals surface area contributed by atoms with E-state index in [0.717, 1.165) is 12.8 Å². The van der Waals surface area contributed by atoms with E-state index in [0.29, 0.717) is 19.1 Å². The van der Waals surface area contributed by atoms with E-state index in [1.165, 1.54) is 12.1 Å². The highest BCUT2D eigenvalue weighted by Crippen LogP contribution is 2.28. The minimum absolute atomic E-state index is 0. The average Bonchev–Trinajstić information content (AvgIpc) is 2.58. The van der Waals surface area contributed by atoms with Gasteiger partial charge < -0.3 is 19.7 Å². The molecular weight excluding hydrogens is 361 g/mol. The van der Waals surface area contributed by atoms with Gasteiger partial charge in [0.1, 0.15) is 0 Å². The summed E-state index contributed by atoms with van der Waals surface area (Å²) in [7, 11) is 1.89. The van der Waals surface area contributed by atoms with Gasteiger partial charge in [-0.1, -0.05) is 12.1 Å². The molecule has 1 N–H and O–H groups in total. The van der Waals surface area contributed by atoms with Crippen LogP contribution < -0.4 is 14.8 Å². The highest BCUT2D eigenvalue weighted by atomic mass is 35.5. The quantitative estimate of drug-likeness (QED) is 0.821. The molecule has 0 saturated carbocycles. The zero-order valence-corrected chi connectivity index (χ0v) is 14.7. The van der Waals surface area contributed by atoms with Crippen LogP contribution in [0.5, 0.6) is 11.5 Å². The third-order valence-electron chi connectivity index (χ3n) is 3.85. The molecule has 1 aromatic carbocycles. The summed E-state index contributed by atoms with van der Waals surface area (Å²) < 4.78 is 46.9. The zero-order chi connectivity index (χ0) is 17.6. The lowest BCUT2D eigenvalue weighted by molar-refractivity contribution is -0.153. The molecule has 0 atom stereocenters. The van der Waals surface area contributed by atoms with Gasteiger partial charge >= 0.3 is 6.18 Å². The lowest BCUT2D eigenvalue weighted by Crippen LogP contribution is -2.45. The number of piperidine rings is 1. The van der Waals surface area contributed by atoms with Crippen molar-refractivity contribution in [2.75, 3.05) is 33.4 Å². The van der Waals surface area contributed by atoms with Crippen LogP contribution in [0.2, 0.25) is 0 Å². The molecule has 1 aliphatic heterocycles. The Morgan fingerprint density at radius 3 is 2.28 bits per heavy atom. The summed E-state index contributed by atoms with van der Waals surface area (Å²) in [5.41, 5.74) is 0. The summed E-state index contributed by atoms with van der Waals surface area (Å²) in [5, 5.41) is 3.18. The Labute approximate surface area is 150 Å². The van der Waals surface area contributed by atoms with Gasteiger partial charge in [-0.15, -0.1) is 12.4 Å². The van der Waals surface area contributed by atoms with Crippen molar-refractivity contribution >= 4 is 18.3 Å². The molecule has 142 valence electrons. The lowest BCUT2D eigenvalue weighted by Gasteiger charge is -2.31. The zero-order valence-electron chi connectivity index (χ0n) is 13.8. The van der Waals surface area contributed by atoms with E-state index in [1.807, 2.05) is 7.05 Å². The summed E-state index contributed by atoms with van der Waals surface area (Å²) in [6, 6.07) is 6.42. The van der Waals surface area contributed by atoms with Crippen LogP contribution in [0.3, 0.4) is 0 Å². The highest BCUT2D eigenvalue weighted by molar-refractivity contribution is 5.85. The molecule has 5 nitrogen and oxygen atoms in total. The second kappa shape index (κ2) is 9.72. The van der Waals surface area contributed by atoms with Crippen molar-refractivity contribution in [3.8, 4) is 11.5 Å². The Hall–Kier alpha value is -1.67. The van der Waals surface area contributed by atoms with Gasteiger partial charge in [0.25, 0.3) is 5.91 Å². The number of benzene rings is 1. The number of carbonyl (C=O) groups is 1. The summed E-state index contributed by atoms with van der Waals surface area (Å²) in [6.07, 6.45) is -2.69. The number of carbonyl (C=O) groups excluding carboxylic acids is 1. The number of hydrogen-bond acceptors (Lipinski definition) is 4. The van der Waals surface area contributed by atoms with Crippen molar-refractivity contribution in [2.24, 2.45) is 0 Å². The largest absolute Gasteiger partial charge is 0.480 e. The highest BCUT2D eigenvalue weighted by Gasteiger charge is 2.29. The van der Waals surface area contributed by atoms with E-state index in [-0.39, 0.29) is 36.4 Å². The molecule has 0 aliphatic carbocycles. The molecule has 0 radical (unpaired) electrons. The van der Waals surface area contributed by atoms with E-state index in [9.17, 15) is 18.0 Å². The second-order valence-electron chi connectivity index (χ2n) is 5.58. The molecule has 1 saturated heterocycles. The van der Waals surface area contributed by atoms with Crippen molar-refractivity contribution in [1.82, 2.24) is 10.2 Å². The second-order valence-corrected chi connectivity index (χ2v) is 5.58. The number of nitrogens with zero attached hydrogens (tertiary/aromatic N) is 1. The van der Waals surface area contributed by atoms with Crippen molar-refractivity contribution in [3.63, 3.8) is 0 Å². The minimum Gasteiger partial charge on any atom is -0.480 e. The molecule has 1 aromatic rings. The maximum atomic E-state index is 12.3. The maximum Gasteiger partial charge on any atom is 0.422 e. The molecule has 9 heteroatoms. The van der Waals surface area contributed by atoms with Crippen molar-refractivity contribution in [3.05, 3.63) is 24.3 Å². The molecule has 1 heterocycles. The van der Waals surface area contributed by atoms with E-state index >= 15 is 0 Å². The fourth-order valence-electron chi connectivity index (χ4n) is 2.50. The summed E-state index contributed by atoms with van der Waals surface area (Å²) in [6.45, 7) is -0.352. The third kappa shape index (κ3) is 6.99. The molecule has 1 fully saturated rings. The monoisotopic (exact) mass is 382 g/mol. The predicted molar refractivity (Wildman–Crippen MR) is 89.4 cm³/mol. The number of alkyl halides is 3. The molecule has 1 aliphatic rings. The Morgan fingerprint density at radius 2 is 1.76 bits per heavy atom. The van der Waals surface area contributed by atoms with E-state index < -0.39 is 12.8 Å². The lowest BCUT2D eigenvalue weighted by atomic mass is 10.1. The van der Waals surface area contributed by atoms with Gasteiger partial charge in [-0.25, -0.2) is 0 Å². The standard InChI is InChI=1S/C16H21F3N2O3.ClH/c1-20-12-6-8-21(9-7-12)15(22)10-23-13-4-2-3-5-14(13)24-11-16(17,18)19;/h2-5,12,20H,6-11H2,1H3;1H. The van der Waals surface area contributed by atoms with Crippen molar-refractivity contribution < 1.29 is 27.4 Å². The minimum atomic E-state index is -4.43. The van der Waals surface area contributed by atoms with E-state index in [1.54, 1.807) is 17.0 Å². The van der Waals surface area contributed by atoms with Crippen LogP contribution in [-0.4, -0.2) is 56.4 Å². The Balaban J connectivity index is 0.00000312. The van der Waals surface area contributed by atoms with Crippen molar-refractivity contribution in [1.29, 1.82) is 0 Å². The molecule has 25 heavy (non-hydrogen) atoms. The first kappa shape index (κ1) is 21.4. The predicted octanol–water partition coefficient (Wildman–Crippen LogP) is 2.64. The summed E-state index contributed by atoms with van der Waals surface area (Å²) >= 11 is 0. The first-order valence-corrected chi connectivity index (χ1v) is 7.75. The SMILES string of the molecule is CNC1CCN(C(=O)COc2ccccc2OCC(F)(F)F)CC1.Cl. The van der Waals surface area contributed by atoms with Crippen LogP contribution in [0.25, 0.3) is 0 Å². The number of rotatable bonds is 6. The fraction of sp³-hybridized carbons (Fsp3) is 0.562. The van der Waals surface area contributed by atoms with Crippen LogP contribution >= 0.6 is 12.4 Å². The van der Waals surface area contributed by atoms with Crippen LogP contribution in [0.4, 0.5) is 13.2 Å². The number of ether oxygens (including phenoxy) is 2. The molecule has 0 bridgehead atoms. The maximum absolute atomic E-state index is 12.3. The Bertz CT molecular complexity index is 550. The topological polar surface area (TPSA) is 50.8 Å². The average molecular weight is 383 g/mol. The van der Waals surface area contributed by atoms with Gasteiger partial charge in [0.15, 0.2) is 24.7 Å². The molecule has 0 aromatic heterocycles. The van der Waals surface area contributed by atoms with E-state index in [4.69, 9.17) is 9.47 Å². The number of hydrogen-bond donors (Lipinski definition) is 1. The third-order valence-corrected chi connectivity index (χ3v) is 3.85. The molecule has 1 amide bonds. The number of para-hydroxylation sites is 2. The van der Waals surface area contributed by atoms with Crippen LogP contribution in [0, 0.1) is 0 Å². The van der Waals surface area contributed by atoms with Gasteiger partial charge in [-0.3, -0.25) is 4.79 Å². The van der Waals surface area contributed by atoms with Gasteiger partial charge in [0, 0.05) is 19.1 Å². The number of halogens is 4. The number of likely N-dealkylation sites (tertiary alicyclic amines) is 1. The van der Waals surface area contributed by atoms with Crippen LogP contribution in [0.1, 0.15) is 12.8 Å².